The fourth-order valence-electron chi connectivity index (χ4n) is 9.33. The van der Waals surface area contributed by atoms with E-state index >= 15 is 0 Å². The zero-order valence-electron chi connectivity index (χ0n) is 32.0. The lowest BCUT2D eigenvalue weighted by Crippen LogP contribution is -2.50. The number of halogens is 3. The zero-order chi connectivity index (χ0) is 39.1. The van der Waals surface area contributed by atoms with Crippen molar-refractivity contribution < 1.29 is 37.0 Å². The Bertz CT molecular complexity index is 2080. The van der Waals surface area contributed by atoms with Crippen LogP contribution in [0.4, 0.5) is 18.9 Å². The van der Waals surface area contributed by atoms with E-state index in [0.717, 1.165) is 100 Å². The Labute approximate surface area is 330 Å². The van der Waals surface area contributed by atoms with Gasteiger partial charge in [0.2, 0.25) is 11.8 Å². The Kier molecular flexibility index (Phi) is 10.7. The summed E-state index contributed by atoms with van der Waals surface area (Å²) in [5.74, 6) is 0.0776. The van der Waals surface area contributed by atoms with E-state index in [0.29, 0.717) is 38.5 Å². The predicted molar refractivity (Wildman–Crippen MR) is 208 cm³/mol. The fraction of sp³-hybridized carbons (Fsp3) is 0.488. The third kappa shape index (κ3) is 8.70. The predicted octanol–water partition coefficient (Wildman–Crippen LogP) is 5.73. The van der Waals surface area contributed by atoms with Crippen molar-refractivity contribution in [2.24, 2.45) is 5.92 Å². The molecule has 6 heterocycles. The first-order valence-corrected chi connectivity index (χ1v) is 20.2. The molecule has 0 saturated carbocycles. The van der Waals surface area contributed by atoms with Crippen molar-refractivity contribution in [2.75, 3.05) is 63.9 Å². The van der Waals surface area contributed by atoms with Gasteiger partial charge in [-0.05, 0) is 96.9 Å². The van der Waals surface area contributed by atoms with Crippen molar-refractivity contribution in [2.45, 2.75) is 70.6 Å². The molecular weight excluding hydrogens is 738 g/mol. The maximum Gasteiger partial charge on any atom is 0.573 e. The average Bonchev–Trinajstić information content (AvgIpc) is 3.95. The highest BCUT2D eigenvalue weighted by molar-refractivity contribution is 6.00. The topological polar surface area (TPSA) is 91.8 Å². The van der Waals surface area contributed by atoms with Crippen LogP contribution in [0.2, 0.25) is 0 Å². The van der Waals surface area contributed by atoms with Gasteiger partial charge in [-0.15, -0.1) is 13.2 Å². The number of imide groups is 1. The molecule has 0 aliphatic carbocycles. The van der Waals surface area contributed by atoms with Crippen LogP contribution in [0.1, 0.15) is 42.4 Å². The van der Waals surface area contributed by atoms with Crippen molar-refractivity contribution >= 4 is 28.4 Å². The summed E-state index contributed by atoms with van der Waals surface area (Å²) in [4.78, 5) is 33.9. The summed E-state index contributed by atoms with van der Waals surface area (Å²) in [7, 11) is 0. The number of piperidine rings is 2. The molecule has 4 aromatic rings. The minimum Gasteiger partial charge on any atom is -0.406 e. The zero-order valence-corrected chi connectivity index (χ0v) is 32.0. The normalized spacial score (nSPS) is 22.1. The van der Waals surface area contributed by atoms with Gasteiger partial charge in [-0.2, -0.15) is 0 Å². The number of amides is 2. The molecule has 1 unspecified atom stereocenters. The molecule has 1 aromatic heterocycles. The standard InChI is InChI=1S/C43H49F3N6O5/c44-43(45,46)57-35-6-3-31(4-7-35)37-27-52(28-41-55-19-20-56-41)38-8-1-30(21-36(37)38)24-48-13-11-29(12-14-48)23-49-15-17-50(18-16-49)34-5-2-32-25-51(26-33(32)22-34)39-9-10-40(53)47-42(39)54/h1-8,21-22,27,29,39,41H,9-20,23-26,28H2,(H,47,53,54). The largest absolute Gasteiger partial charge is 0.573 e. The number of likely N-dealkylation sites (tertiary alicyclic amines) is 1. The summed E-state index contributed by atoms with van der Waals surface area (Å²) in [6, 6.07) is 19.1. The van der Waals surface area contributed by atoms with Gasteiger partial charge in [0.25, 0.3) is 0 Å². The summed E-state index contributed by atoms with van der Waals surface area (Å²) < 4.78 is 56.2. The SMILES string of the molecule is O=C1CCC(N2Cc3ccc(N4CCN(CC5CCN(Cc6ccc7c(c6)c(-c6ccc(OC(F)(F)F)cc6)cn7CC6OCCO6)CC5)CC4)cc3C2)C(=O)N1. The molecule has 4 saturated heterocycles. The van der Waals surface area contributed by atoms with Gasteiger partial charge >= 0.3 is 6.36 Å². The van der Waals surface area contributed by atoms with Gasteiger partial charge in [0.1, 0.15) is 5.75 Å². The Morgan fingerprint density at radius 2 is 1.54 bits per heavy atom. The maximum atomic E-state index is 12.8. The highest BCUT2D eigenvalue weighted by atomic mass is 19.4. The number of benzene rings is 3. The lowest BCUT2D eigenvalue weighted by atomic mass is 9.95. The van der Waals surface area contributed by atoms with Gasteiger partial charge in [-0.3, -0.25) is 29.6 Å². The quantitative estimate of drug-likeness (QED) is 0.203. The smallest absolute Gasteiger partial charge is 0.406 e. The van der Waals surface area contributed by atoms with Gasteiger partial charge in [-0.1, -0.05) is 24.3 Å². The van der Waals surface area contributed by atoms with E-state index in [2.05, 4.69) is 70.6 Å². The van der Waals surface area contributed by atoms with Crippen LogP contribution in [0.5, 0.6) is 5.75 Å². The number of carbonyl (C=O) groups is 2. The molecule has 4 fully saturated rings. The molecule has 11 nitrogen and oxygen atoms in total. The molecule has 5 aliphatic heterocycles. The summed E-state index contributed by atoms with van der Waals surface area (Å²) in [6.45, 7) is 11.2. The van der Waals surface area contributed by atoms with Crippen LogP contribution in [-0.2, 0) is 45.2 Å². The lowest BCUT2D eigenvalue weighted by molar-refractivity contribution is -0.274. The van der Waals surface area contributed by atoms with Crippen LogP contribution in [-0.4, -0.2) is 109 Å². The van der Waals surface area contributed by atoms with Crippen LogP contribution < -0.4 is 15.0 Å². The molecule has 3 aromatic carbocycles. The molecule has 9 rings (SSSR count). The monoisotopic (exact) mass is 786 g/mol. The van der Waals surface area contributed by atoms with Crippen molar-refractivity contribution in [3.05, 3.63) is 83.6 Å². The molecule has 5 aliphatic rings. The van der Waals surface area contributed by atoms with Crippen LogP contribution in [0.15, 0.2) is 66.9 Å². The molecule has 57 heavy (non-hydrogen) atoms. The number of ether oxygens (including phenoxy) is 3. The Morgan fingerprint density at radius 3 is 2.28 bits per heavy atom. The second kappa shape index (κ2) is 16.1. The van der Waals surface area contributed by atoms with Crippen molar-refractivity contribution in [1.29, 1.82) is 0 Å². The Morgan fingerprint density at radius 1 is 0.789 bits per heavy atom. The van der Waals surface area contributed by atoms with E-state index in [1.54, 1.807) is 12.1 Å². The Balaban J connectivity index is 0.780. The van der Waals surface area contributed by atoms with E-state index in [9.17, 15) is 22.8 Å². The molecule has 1 N–H and O–H groups in total. The third-order valence-corrected chi connectivity index (χ3v) is 12.3. The molecule has 302 valence electrons. The van der Waals surface area contributed by atoms with Gasteiger partial charge in [-0.25, -0.2) is 0 Å². The van der Waals surface area contributed by atoms with E-state index in [-0.39, 0.29) is 29.9 Å². The molecule has 0 spiro atoms. The minimum atomic E-state index is -4.74. The van der Waals surface area contributed by atoms with Crippen molar-refractivity contribution in [3.63, 3.8) is 0 Å². The summed E-state index contributed by atoms with van der Waals surface area (Å²) >= 11 is 0. The van der Waals surface area contributed by atoms with E-state index < -0.39 is 6.36 Å². The molecule has 14 heteroatoms. The van der Waals surface area contributed by atoms with Gasteiger partial charge < -0.3 is 23.7 Å². The van der Waals surface area contributed by atoms with Gasteiger partial charge in [0.15, 0.2) is 6.29 Å². The number of aromatic nitrogens is 1. The minimum absolute atomic E-state index is 0.170. The molecule has 1 atom stereocenters. The number of fused-ring (bicyclic) bond motifs is 2. The van der Waals surface area contributed by atoms with E-state index in [1.807, 2.05) is 6.20 Å². The number of alkyl halides is 3. The summed E-state index contributed by atoms with van der Waals surface area (Å²) in [5, 5.41) is 3.54. The van der Waals surface area contributed by atoms with Gasteiger partial charge in [0, 0.05) is 87.1 Å². The van der Waals surface area contributed by atoms with Crippen LogP contribution >= 0.6 is 0 Å². The number of hydrogen-bond donors (Lipinski definition) is 1. The highest BCUT2D eigenvalue weighted by Crippen LogP contribution is 2.35. The van der Waals surface area contributed by atoms with Crippen molar-refractivity contribution in [1.82, 2.24) is 24.6 Å². The first kappa shape index (κ1) is 38.1. The van der Waals surface area contributed by atoms with E-state index in [4.69, 9.17) is 9.47 Å². The number of hydrogen-bond acceptors (Lipinski definition) is 9. The summed E-state index contributed by atoms with van der Waals surface area (Å²) in [5.41, 5.74) is 7.78. The number of carbonyl (C=O) groups excluding carboxylic acids is 2. The Hall–Kier alpha value is -4.47. The molecular formula is C43H49F3N6O5. The maximum absolute atomic E-state index is 12.8. The highest BCUT2D eigenvalue weighted by Gasteiger charge is 2.35. The lowest BCUT2D eigenvalue weighted by Gasteiger charge is -2.39. The second-order valence-corrected chi connectivity index (χ2v) is 16.1. The van der Waals surface area contributed by atoms with Crippen LogP contribution in [0.25, 0.3) is 22.0 Å². The number of anilines is 1. The molecule has 0 radical (unpaired) electrons. The first-order chi connectivity index (χ1) is 27.6. The first-order valence-electron chi connectivity index (χ1n) is 20.2. The average molecular weight is 787 g/mol. The number of piperazine rings is 1. The second-order valence-electron chi connectivity index (χ2n) is 16.1. The van der Waals surface area contributed by atoms with E-state index in [1.165, 1.54) is 34.5 Å². The van der Waals surface area contributed by atoms with Gasteiger partial charge in [0.05, 0.1) is 25.8 Å². The number of nitrogens with one attached hydrogen (secondary N) is 1. The fourth-order valence-corrected chi connectivity index (χ4v) is 9.33. The molecule has 0 bridgehead atoms. The van der Waals surface area contributed by atoms with Crippen LogP contribution in [0, 0.1) is 5.92 Å². The molecule has 2 amide bonds. The summed E-state index contributed by atoms with van der Waals surface area (Å²) in [6.07, 6.45) is 0.260. The number of nitrogens with zero attached hydrogens (tertiary/aromatic N) is 5. The third-order valence-electron chi connectivity index (χ3n) is 12.3. The van der Waals surface area contributed by atoms with Crippen LogP contribution in [0.3, 0.4) is 0 Å². The number of rotatable bonds is 10. The van der Waals surface area contributed by atoms with Crippen molar-refractivity contribution in [3.8, 4) is 16.9 Å².